The van der Waals surface area contributed by atoms with Gasteiger partial charge in [0, 0.05) is 25.7 Å². The molecule has 78 valence electrons. The molecule has 1 fully saturated rings. The molecule has 13 heavy (non-hydrogen) atoms. The topological polar surface area (TPSA) is 35.5 Å². The lowest BCUT2D eigenvalue weighted by molar-refractivity contribution is 0.0953. The average Bonchev–Trinajstić information content (AvgIpc) is 2.08. The van der Waals surface area contributed by atoms with Crippen LogP contribution in [0.25, 0.3) is 0 Å². The number of nitrogens with zero attached hydrogens (tertiary/aromatic N) is 1. The molecular formula is C10H22N2O. The lowest BCUT2D eigenvalue weighted by Gasteiger charge is -2.36. The Morgan fingerprint density at radius 2 is 2.38 bits per heavy atom. The fourth-order valence-electron chi connectivity index (χ4n) is 2.01. The molecule has 3 nitrogen and oxygen atoms in total. The number of aliphatic hydroxyl groups is 1. The molecule has 1 saturated heterocycles. The number of aliphatic hydroxyl groups excluding tert-OH is 1. The van der Waals surface area contributed by atoms with Gasteiger partial charge in [0.2, 0.25) is 0 Å². The van der Waals surface area contributed by atoms with Crippen LogP contribution in [0.5, 0.6) is 0 Å². The molecule has 0 aliphatic carbocycles. The molecule has 0 aromatic heterocycles. The van der Waals surface area contributed by atoms with Crippen molar-refractivity contribution >= 4 is 0 Å². The van der Waals surface area contributed by atoms with E-state index in [0.717, 1.165) is 26.1 Å². The Morgan fingerprint density at radius 3 is 3.00 bits per heavy atom. The van der Waals surface area contributed by atoms with Crippen LogP contribution in [0, 0.1) is 0 Å². The highest BCUT2D eigenvalue weighted by Gasteiger charge is 2.22. The van der Waals surface area contributed by atoms with E-state index in [9.17, 15) is 5.11 Å². The highest BCUT2D eigenvalue weighted by Crippen LogP contribution is 2.10. The molecule has 3 heteroatoms. The smallest absolute Gasteiger partial charge is 0.0527 e. The van der Waals surface area contributed by atoms with Crippen LogP contribution in [0.1, 0.15) is 26.7 Å². The van der Waals surface area contributed by atoms with Crippen molar-refractivity contribution in [3.63, 3.8) is 0 Å². The first kappa shape index (κ1) is 11.0. The maximum atomic E-state index is 9.34. The van der Waals surface area contributed by atoms with Gasteiger partial charge in [-0.05, 0) is 26.3 Å². The van der Waals surface area contributed by atoms with Gasteiger partial charge in [-0.2, -0.15) is 0 Å². The quantitative estimate of drug-likeness (QED) is 0.669. The number of hydrogen-bond acceptors (Lipinski definition) is 3. The summed E-state index contributed by atoms with van der Waals surface area (Å²) < 4.78 is 0. The van der Waals surface area contributed by atoms with E-state index in [1.807, 2.05) is 6.92 Å². The summed E-state index contributed by atoms with van der Waals surface area (Å²) in [6, 6.07) is 0.536. The minimum atomic E-state index is -0.177. The molecule has 0 aromatic rings. The zero-order valence-corrected chi connectivity index (χ0v) is 8.79. The van der Waals surface area contributed by atoms with Crippen molar-refractivity contribution < 1.29 is 5.11 Å². The number of nitrogens with one attached hydrogen (secondary N) is 1. The fraction of sp³-hybridized carbons (Fsp3) is 1.00. The summed E-state index contributed by atoms with van der Waals surface area (Å²) in [5.74, 6) is 0. The van der Waals surface area contributed by atoms with Crippen LogP contribution in [0.4, 0.5) is 0 Å². The van der Waals surface area contributed by atoms with E-state index in [4.69, 9.17) is 0 Å². The van der Waals surface area contributed by atoms with E-state index in [0.29, 0.717) is 6.04 Å². The lowest BCUT2D eigenvalue weighted by Crippen LogP contribution is -2.52. The molecule has 0 saturated carbocycles. The van der Waals surface area contributed by atoms with E-state index in [2.05, 4.69) is 17.1 Å². The van der Waals surface area contributed by atoms with Crippen molar-refractivity contribution in [2.75, 3.05) is 26.2 Å². The molecule has 2 atom stereocenters. The molecule has 1 aliphatic rings. The van der Waals surface area contributed by atoms with Gasteiger partial charge in [0.15, 0.2) is 0 Å². The number of piperazine rings is 1. The number of hydrogen-bond donors (Lipinski definition) is 2. The van der Waals surface area contributed by atoms with E-state index in [-0.39, 0.29) is 6.10 Å². The molecule has 2 N–H and O–H groups in total. The molecule has 1 rings (SSSR count). The van der Waals surface area contributed by atoms with Gasteiger partial charge < -0.3 is 10.4 Å². The molecule has 0 radical (unpaired) electrons. The Balaban J connectivity index is 2.36. The van der Waals surface area contributed by atoms with E-state index in [1.54, 1.807) is 0 Å². The van der Waals surface area contributed by atoms with Crippen molar-refractivity contribution in [2.45, 2.75) is 38.8 Å². The minimum absolute atomic E-state index is 0.177. The van der Waals surface area contributed by atoms with Crippen LogP contribution in [0.3, 0.4) is 0 Å². The zero-order chi connectivity index (χ0) is 9.68. The second-order valence-electron chi connectivity index (χ2n) is 3.98. The first-order valence-electron chi connectivity index (χ1n) is 5.37. The minimum Gasteiger partial charge on any atom is -0.393 e. The van der Waals surface area contributed by atoms with Crippen LogP contribution in [0.2, 0.25) is 0 Å². The maximum Gasteiger partial charge on any atom is 0.0527 e. The van der Waals surface area contributed by atoms with Gasteiger partial charge in [0.25, 0.3) is 0 Å². The van der Waals surface area contributed by atoms with Crippen LogP contribution in [0.15, 0.2) is 0 Å². The monoisotopic (exact) mass is 186 g/mol. The predicted octanol–water partition coefficient (Wildman–Crippen LogP) is 0.441. The van der Waals surface area contributed by atoms with Gasteiger partial charge in [-0.25, -0.2) is 0 Å². The highest BCUT2D eigenvalue weighted by atomic mass is 16.3. The van der Waals surface area contributed by atoms with Crippen molar-refractivity contribution in [1.82, 2.24) is 10.2 Å². The van der Waals surface area contributed by atoms with Gasteiger partial charge >= 0.3 is 0 Å². The highest BCUT2D eigenvalue weighted by molar-refractivity contribution is 4.80. The maximum absolute atomic E-state index is 9.34. The van der Waals surface area contributed by atoms with Crippen molar-refractivity contribution in [3.8, 4) is 0 Å². The second-order valence-corrected chi connectivity index (χ2v) is 3.98. The largest absolute Gasteiger partial charge is 0.393 e. The Morgan fingerprint density at radius 1 is 1.62 bits per heavy atom. The summed E-state index contributed by atoms with van der Waals surface area (Å²) >= 11 is 0. The Kier molecular flexibility index (Phi) is 4.70. The Bertz CT molecular complexity index is 137. The molecule has 0 bridgehead atoms. The Hall–Kier alpha value is -0.120. The third kappa shape index (κ3) is 3.63. The van der Waals surface area contributed by atoms with Gasteiger partial charge in [-0.15, -0.1) is 0 Å². The molecule has 2 unspecified atom stereocenters. The second kappa shape index (κ2) is 5.58. The lowest BCUT2D eigenvalue weighted by atomic mass is 10.1. The summed E-state index contributed by atoms with van der Waals surface area (Å²) in [4.78, 5) is 2.49. The van der Waals surface area contributed by atoms with Gasteiger partial charge in [0.1, 0.15) is 0 Å². The standard InChI is InChI=1S/C10H22N2O/c1-3-5-12-6-4-11-8-10(12)7-9(2)13/h9-11,13H,3-8H2,1-2H3. The summed E-state index contributed by atoms with van der Waals surface area (Å²) in [6.45, 7) is 8.51. The third-order valence-corrected chi connectivity index (χ3v) is 2.60. The SMILES string of the molecule is CCCN1CCNCC1CC(C)O. The van der Waals surface area contributed by atoms with Crippen molar-refractivity contribution in [2.24, 2.45) is 0 Å². The molecule has 0 amide bonds. The normalized spacial score (nSPS) is 27.5. The summed E-state index contributed by atoms with van der Waals surface area (Å²) in [6.07, 6.45) is 1.92. The molecule has 1 aliphatic heterocycles. The van der Waals surface area contributed by atoms with Gasteiger partial charge in [-0.1, -0.05) is 6.92 Å². The van der Waals surface area contributed by atoms with Gasteiger partial charge in [0.05, 0.1) is 6.10 Å². The first-order chi connectivity index (χ1) is 6.24. The summed E-state index contributed by atoms with van der Waals surface area (Å²) in [5, 5.41) is 12.7. The van der Waals surface area contributed by atoms with Crippen molar-refractivity contribution in [1.29, 1.82) is 0 Å². The van der Waals surface area contributed by atoms with E-state index < -0.39 is 0 Å². The average molecular weight is 186 g/mol. The molecule has 1 heterocycles. The Labute approximate surface area is 81.1 Å². The van der Waals surface area contributed by atoms with Crippen LogP contribution < -0.4 is 5.32 Å². The predicted molar refractivity (Wildman–Crippen MR) is 54.8 cm³/mol. The van der Waals surface area contributed by atoms with Crippen LogP contribution in [-0.2, 0) is 0 Å². The number of rotatable bonds is 4. The van der Waals surface area contributed by atoms with E-state index >= 15 is 0 Å². The molecular weight excluding hydrogens is 164 g/mol. The van der Waals surface area contributed by atoms with Crippen molar-refractivity contribution in [3.05, 3.63) is 0 Å². The summed E-state index contributed by atoms with van der Waals surface area (Å²) in [7, 11) is 0. The van der Waals surface area contributed by atoms with Gasteiger partial charge in [-0.3, -0.25) is 4.90 Å². The fourth-order valence-corrected chi connectivity index (χ4v) is 2.01. The van der Waals surface area contributed by atoms with E-state index in [1.165, 1.54) is 13.0 Å². The third-order valence-electron chi connectivity index (χ3n) is 2.60. The zero-order valence-electron chi connectivity index (χ0n) is 8.79. The van der Waals surface area contributed by atoms with Crippen LogP contribution >= 0.6 is 0 Å². The molecule has 0 aromatic carbocycles. The van der Waals surface area contributed by atoms with Crippen LogP contribution in [-0.4, -0.2) is 48.3 Å². The first-order valence-corrected chi connectivity index (χ1v) is 5.37. The summed E-state index contributed by atoms with van der Waals surface area (Å²) in [5.41, 5.74) is 0. The molecule has 0 spiro atoms.